The van der Waals surface area contributed by atoms with Crippen LogP contribution in [-0.2, 0) is 6.42 Å². The first-order valence-corrected chi connectivity index (χ1v) is 5.66. The van der Waals surface area contributed by atoms with Crippen molar-refractivity contribution < 1.29 is 0 Å². The molecule has 0 bridgehead atoms. The summed E-state index contributed by atoms with van der Waals surface area (Å²) in [6.45, 7) is 0. The van der Waals surface area contributed by atoms with E-state index in [1.807, 2.05) is 0 Å². The second-order valence-corrected chi connectivity index (χ2v) is 4.43. The molecule has 0 aliphatic heterocycles. The molecule has 0 spiro atoms. The van der Waals surface area contributed by atoms with Gasteiger partial charge in [-0.05, 0) is 31.2 Å². The van der Waals surface area contributed by atoms with Crippen LogP contribution in [0.5, 0.6) is 0 Å². The summed E-state index contributed by atoms with van der Waals surface area (Å²) in [6, 6.07) is 10.6. The quantitative estimate of drug-likeness (QED) is 0.519. The Morgan fingerprint density at radius 1 is 1.14 bits per heavy atom. The third-order valence-electron chi connectivity index (χ3n) is 2.74. The van der Waals surface area contributed by atoms with Gasteiger partial charge in [-0.1, -0.05) is 42.0 Å². The molecule has 1 atom stereocenters. The largest absolute Gasteiger partial charge is 0.118 e. The van der Waals surface area contributed by atoms with Crippen molar-refractivity contribution in [1.29, 1.82) is 0 Å². The maximum atomic E-state index is 6.01. The highest BCUT2D eigenvalue weighted by Gasteiger charge is 2.12. The monoisotopic (exact) mass is 206 g/mol. The maximum absolute atomic E-state index is 6.01. The van der Waals surface area contributed by atoms with E-state index in [9.17, 15) is 0 Å². The third kappa shape index (κ3) is 2.62. The number of halogens is 1. The number of aryl methyl sites for hydroxylation is 1. The van der Waals surface area contributed by atoms with Crippen LogP contribution in [-0.4, -0.2) is 5.38 Å². The fourth-order valence-electron chi connectivity index (χ4n) is 1.90. The van der Waals surface area contributed by atoms with E-state index in [1.54, 1.807) is 0 Å². The van der Waals surface area contributed by atoms with Gasteiger partial charge in [-0.2, -0.15) is 0 Å². The first-order valence-electron chi connectivity index (χ1n) is 5.22. The summed E-state index contributed by atoms with van der Waals surface area (Å²) in [7, 11) is 0. The van der Waals surface area contributed by atoms with Crippen molar-refractivity contribution in [3.63, 3.8) is 0 Å². The van der Waals surface area contributed by atoms with Crippen molar-refractivity contribution in [2.75, 3.05) is 0 Å². The molecule has 1 aliphatic carbocycles. The van der Waals surface area contributed by atoms with Gasteiger partial charge < -0.3 is 0 Å². The number of rotatable bonds is 3. The molecule has 1 aromatic carbocycles. The van der Waals surface area contributed by atoms with Gasteiger partial charge in [0.15, 0.2) is 0 Å². The first-order chi connectivity index (χ1) is 6.84. The molecule has 0 nitrogen and oxygen atoms in total. The van der Waals surface area contributed by atoms with E-state index < -0.39 is 0 Å². The average molecular weight is 207 g/mol. The van der Waals surface area contributed by atoms with Gasteiger partial charge in [0.25, 0.3) is 0 Å². The summed E-state index contributed by atoms with van der Waals surface area (Å²) in [5, 5.41) is 0.292. The molecule has 2 rings (SSSR count). The Morgan fingerprint density at radius 2 is 1.93 bits per heavy atom. The Bertz CT molecular complexity index is 313. The molecular formula is C13H15Cl. The van der Waals surface area contributed by atoms with Crippen molar-refractivity contribution in [1.82, 2.24) is 0 Å². The molecule has 0 aromatic heterocycles. The second kappa shape index (κ2) is 4.65. The van der Waals surface area contributed by atoms with Crippen molar-refractivity contribution in [3.8, 4) is 0 Å². The van der Waals surface area contributed by atoms with Gasteiger partial charge in [0, 0.05) is 0 Å². The van der Waals surface area contributed by atoms with Crippen LogP contribution in [0.4, 0.5) is 0 Å². The van der Waals surface area contributed by atoms with Crippen molar-refractivity contribution >= 4 is 11.6 Å². The normalized spacial score (nSPS) is 20.9. The molecule has 74 valence electrons. The number of hydrogen-bond donors (Lipinski definition) is 0. The van der Waals surface area contributed by atoms with Crippen LogP contribution in [0.15, 0.2) is 42.0 Å². The maximum Gasteiger partial charge on any atom is 0.0521 e. The molecule has 0 radical (unpaired) electrons. The van der Waals surface area contributed by atoms with Gasteiger partial charge in [-0.15, -0.1) is 11.6 Å². The molecule has 1 unspecified atom stereocenters. The van der Waals surface area contributed by atoms with Gasteiger partial charge in [-0.3, -0.25) is 0 Å². The zero-order valence-electron chi connectivity index (χ0n) is 8.25. The molecular weight excluding hydrogens is 192 g/mol. The zero-order chi connectivity index (χ0) is 9.80. The average Bonchev–Trinajstić information content (AvgIpc) is 2.63. The lowest BCUT2D eigenvalue weighted by Crippen LogP contribution is -1.86. The Labute approximate surface area is 90.6 Å². The van der Waals surface area contributed by atoms with Crippen molar-refractivity contribution in [2.24, 2.45) is 0 Å². The minimum absolute atomic E-state index is 0.292. The van der Waals surface area contributed by atoms with Gasteiger partial charge in [0.1, 0.15) is 0 Å². The van der Waals surface area contributed by atoms with Gasteiger partial charge in [-0.25, -0.2) is 0 Å². The van der Waals surface area contributed by atoms with Crippen molar-refractivity contribution in [2.45, 2.75) is 31.1 Å². The highest BCUT2D eigenvalue weighted by molar-refractivity contribution is 6.22. The number of hydrogen-bond acceptors (Lipinski definition) is 0. The number of alkyl halides is 1. The predicted octanol–water partition coefficient (Wildman–Crippen LogP) is 3.95. The van der Waals surface area contributed by atoms with Crippen molar-refractivity contribution in [3.05, 3.63) is 47.5 Å². The van der Waals surface area contributed by atoms with Crippen LogP contribution < -0.4 is 0 Å². The second-order valence-electron chi connectivity index (χ2n) is 3.87. The Hall–Kier alpha value is -0.750. The van der Waals surface area contributed by atoms with E-state index in [1.165, 1.54) is 24.0 Å². The van der Waals surface area contributed by atoms with Crippen LogP contribution in [0.2, 0.25) is 0 Å². The third-order valence-corrected chi connectivity index (χ3v) is 3.08. The number of benzene rings is 1. The van der Waals surface area contributed by atoms with E-state index in [0.29, 0.717) is 5.38 Å². The molecule has 0 fully saturated rings. The highest BCUT2D eigenvalue weighted by Crippen LogP contribution is 2.25. The molecule has 14 heavy (non-hydrogen) atoms. The molecule has 0 N–H and O–H groups in total. The first kappa shape index (κ1) is 9.79. The lowest BCUT2D eigenvalue weighted by atomic mass is 10.0. The summed E-state index contributed by atoms with van der Waals surface area (Å²) >= 11 is 6.01. The minimum Gasteiger partial charge on any atom is -0.118 e. The summed E-state index contributed by atoms with van der Waals surface area (Å²) < 4.78 is 0. The molecule has 0 amide bonds. The standard InChI is InChI=1S/C13H15Cl/c14-13-9-8-12(10-13)7-6-11-4-2-1-3-5-11/h1-5,10,13H,6-9H2. The van der Waals surface area contributed by atoms with E-state index in [-0.39, 0.29) is 0 Å². The minimum atomic E-state index is 0.292. The summed E-state index contributed by atoms with van der Waals surface area (Å²) in [5.74, 6) is 0. The molecule has 0 saturated heterocycles. The summed E-state index contributed by atoms with van der Waals surface area (Å²) in [4.78, 5) is 0. The fraction of sp³-hybridized carbons (Fsp3) is 0.385. The topological polar surface area (TPSA) is 0 Å². The lowest BCUT2D eigenvalue weighted by Gasteiger charge is -2.01. The fourth-order valence-corrected chi connectivity index (χ4v) is 2.19. The molecule has 1 aliphatic rings. The number of allylic oxidation sites excluding steroid dienone is 2. The Balaban J connectivity index is 1.86. The smallest absolute Gasteiger partial charge is 0.0521 e. The van der Waals surface area contributed by atoms with Crippen LogP contribution >= 0.6 is 11.6 Å². The Morgan fingerprint density at radius 3 is 2.57 bits per heavy atom. The van der Waals surface area contributed by atoms with E-state index in [4.69, 9.17) is 11.6 Å². The predicted molar refractivity (Wildman–Crippen MR) is 61.7 cm³/mol. The molecule has 1 aromatic rings. The van der Waals surface area contributed by atoms with Gasteiger partial charge in [0.2, 0.25) is 0 Å². The van der Waals surface area contributed by atoms with Crippen LogP contribution in [0.1, 0.15) is 24.8 Å². The van der Waals surface area contributed by atoms with Crippen LogP contribution in [0.3, 0.4) is 0 Å². The van der Waals surface area contributed by atoms with Gasteiger partial charge in [0.05, 0.1) is 5.38 Å². The zero-order valence-corrected chi connectivity index (χ0v) is 9.00. The summed E-state index contributed by atoms with van der Waals surface area (Å²) in [5.41, 5.74) is 2.96. The van der Waals surface area contributed by atoms with E-state index >= 15 is 0 Å². The molecule has 1 heteroatoms. The Kier molecular flexibility index (Phi) is 3.26. The van der Waals surface area contributed by atoms with Crippen LogP contribution in [0.25, 0.3) is 0 Å². The van der Waals surface area contributed by atoms with E-state index in [0.717, 1.165) is 12.8 Å². The molecule has 0 heterocycles. The summed E-state index contributed by atoms with van der Waals surface area (Å²) in [6.07, 6.45) is 6.88. The molecule has 0 saturated carbocycles. The van der Waals surface area contributed by atoms with E-state index in [2.05, 4.69) is 36.4 Å². The van der Waals surface area contributed by atoms with Gasteiger partial charge >= 0.3 is 0 Å². The highest BCUT2D eigenvalue weighted by atomic mass is 35.5. The SMILES string of the molecule is ClC1C=C(CCc2ccccc2)CC1. The lowest BCUT2D eigenvalue weighted by molar-refractivity contribution is 0.847. The van der Waals surface area contributed by atoms with Crippen LogP contribution in [0, 0.1) is 0 Å².